The van der Waals surface area contributed by atoms with Crippen molar-refractivity contribution in [2.75, 3.05) is 0 Å². The summed E-state index contributed by atoms with van der Waals surface area (Å²) in [5.74, 6) is 4.83. The van der Waals surface area contributed by atoms with Crippen LogP contribution in [0.5, 0.6) is 0 Å². The molecule has 0 atom stereocenters. The number of aromatic nitrogens is 3. The van der Waals surface area contributed by atoms with Crippen molar-refractivity contribution in [1.82, 2.24) is 14.8 Å². The maximum atomic E-state index is 12.8. The van der Waals surface area contributed by atoms with Gasteiger partial charge in [-0.1, -0.05) is 0 Å². The number of carbonyl (C=O) groups is 1. The first-order valence-electron chi connectivity index (χ1n) is 8.14. The molecule has 1 heterocycles. The molecule has 4 fully saturated rings. The van der Waals surface area contributed by atoms with Crippen LogP contribution in [0.15, 0.2) is 6.33 Å². The average molecular weight is 273 g/mol. The van der Waals surface area contributed by atoms with Gasteiger partial charge in [-0.25, -0.2) is 9.67 Å². The molecule has 0 unspecified atom stereocenters. The second-order valence-electron chi connectivity index (χ2n) is 7.09. The predicted octanol–water partition coefficient (Wildman–Crippen LogP) is 2.48. The van der Waals surface area contributed by atoms with Gasteiger partial charge in [-0.3, -0.25) is 4.79 Å². The van der Waals surface area contributed by atoms with Crippen molar-refractivity contribution in [3.05, 3.63) is 12.2 Å². The second kappa shape index (κ2) is 4.68. The SMILES string of the molecule is CCn1ncnc1CC(=O)C1C2CC3CC(C2)CC1C3. The van der Waals surface area contributed by atoms with Crippen LogP contribution in [0.25, 0.3) is 0 Å². The van der Waals surface area contributed by atoms with Gasteiger partial charge < -0.3 is 0 Å². The highest BCUT2D eigenvalue weighted by Crippen LogP contribution is 2.56. The van der Waals surface area contributed by atoms with Crippen molar-refractivity contribution in [3.63, 3.8) is 0 Å². The van der Waals surface area contributed by atoms with E-state index in [-0.39, 0.29) is 0 Å². The number of rotatable bonds is 4. The lowest BCUT2D eigenvalue weighted by Gasteiger charge is -2.53. The summed E-state index contributed by atoms with van der Waals surface area (Å²) in [6.45, 7) is 2.84. The lowest BCUT2D eigenvalue weighted by atomic mass is 9.51. The summed E-state index contributed by atoms with van der Waals surface area (Å²) < 4.78 is 1.86. The first-order valence-corrected chi connectivity index (χ1v) is 8.14. The van der Waals surface area contributed by atoms with Crippen molar-refractivity contribution < 1.29 is 4.79 Å². The van der Waals surface area contributed by atoms with Crippen molar-refractivity contribution in [2.45, 2.75) is 52.0 Å². The first kappa shape index (κ1) is 12.5. The highest BCUT2D eigenvalue weighted by atomic mass is 16.1. The van der Waals surface area contributed by atoms with E-state index in [1.807, 2.05) is 11.6 Å². The molecule has 0 amide bonds. The van der Waals surface area contributed by atoms with Crippen LogP contribution < -0.4 is 0 Å². The Kier molecular flexibility index (Phi) is 2.93. The molecule has 4 aliphatic carbocycles. The van der Waals surface area contributed by atoms with Crippen LogP contribution in [-0.2, 0) is 17.8 Å². The molecule has 1 aromatic rings. The topological polar surface area (TPSA) is 47.8 Å². The molecule has 0 N–H and O–H groups in total. The Balaban J connectivity index is 1.51. The number of nitrogens with zero attached hydrogens (tertiary/aromatic N) is 3. The van der Waals surface area contributed by atoms with Crippen molar-refractivity contribution >= 4 is 5.78 Å². The molecule has 1 aromatic heterocycles. The second-order valence-corrected chi connectivity index (χ2v) is 7.09. The van der Waals surface area contributed by atoms with Gasteiger partial charge in [0, 0.05) is 12.5 Å². The van der Waals surface area contributed by atoms with E-state index in [4.69, 9.17) is 0 Å². The monoisotopic (exact) mass is 273 g/mol. The highest BCUT2D eigenvalue weighted by Gasteiger charge is 2.50. The number of hydrogen-bond acceptors (Lipinski definition) is 3. The molecular weight excluding hydrogens is 250 g/mol. The molecule has 20 heavy (non-hydrogen) atoms. The fourth-order valence-electron chi connectivity index (χ4n) is 5.41. The van der Waals surface area contributed by atoms with Crippen LogP contribution in [-0.4, -0.2) is 20.5 Å². The molecule has 0 radical (unpaired) electrons. The zero-order valence-electron chi connectivity index (χ0n) is 12.2. The molecule has 0 aliphatic heterocycles. The third-order valence-electron chi connectivity index (χ3n) is 5.93. The van der Waals surface area contributed by atoms with Gasteiger partial charge in [0.25, 0.3) is 0 Å². The molecule has 0 saturated heterocycles. The molecule has 4 nitrogen and oxygen atoms in total. The number of ketones is 1. The predicted molar refractivity (Wildman–Crippen MR) is 74.9 cm³/mol. The van der Waals surface area contributed by atoms with Gasteiger partial charge >= 0.3 is 0 Å². The standard InChI is InChI=1S/C16H23N3O/c1-2-19-15(17-9-18-19)8-14(20)16-12-4-10-3-11(6-12)7-13(16)5-10/h9-13,16H,2-8H2,1H3. The maximum absolute atomic E-state index is 12.8. The van der Waals surface area contributed by atoms with E-state index in [0.717, 1.165) is 24.2 Å². The van der Waals surface area contributed by atoms with E-state index >= 15 is 0 Å². The Bertz CT molecular complexity index is 494. The van der Waals surface area contributed by atoms with Crippen LogP contribution in [0.2, 0.25) is 0 Å². The number of Topliss-reactive ketones (excluding diaryl/α,β-unsaturated/α-hetero) is 1. The number of aryl methyl sites for hydroxylation is 1. The third-order valence-corrected chi connectivity index (χ3v) is 5.93. The van der Waals surface area contributed by atoms with Crippen LogP contribution in [0.4, 0.5) is 0 Å². The number of carbonyl (C=O) groups excluding carboxylic acids is 1. The first-order chi connectivity index (χ1) is 9.74. The molecule has 0 aromatic carbocycles. The summed E-state index contributed by atoms with van der Waals surface area (Å²) in [6.07, 6.45) is 8.74. The Morgan fingerprint density at radius 3 is 2.45 bits per heavy atom. The van der Waals surface area contributed by atoms with E-state index in [2.05, 4.69) is 10.1 Å². The summed E-state index contributed by atoms with van der Waals surface area (Å²) in [6, 6.07) is 0. The lowest BCUT2D eigenvalue weighted by molar-refractivity contribution is -0.135. The van der Waals surface area contributed by atoms with Crippen molar-refractivity contribution in [3.8, 4) is 0 Å². The van der Waals surface area contributed by atoms with Gasteiger partial charge in [-0.2, -0.15) is 5.10 Å². The molecule has 4 aliphatic rings. The zero-order chi connectivity index (χ0) is 13.7. The van der Waals surface area contributed by atoms with Crippen LogP contribution in [0.1, 0.15) is 44.9 Å². The molecule has 4 heteroatoms. The molecule has 108 valence electrons. The largest absolute Gasteiger partial charge is 0.299 e. The molecule has 4 bridgehead atoms. The Morgan fingerprint density at radius 1 is 1.20 bits per heavy atom. The van der Waals surface area contributed by atoms with E-state index < -0.39 is 0 Å². The van der Waals surface area contributed by atoms with E-state index in [1.165, 1.54) is 32.1 Å². The Hall–Kier alpha value is -1.19. The molecular formula is C16H23N3O. The lowest BCUT2D eigenvalue weighted by Crippen LogP contribution is -2.48. The fraction of sp³-hybridized carbons (Fsp3) is 0.812. The average Bonchev–Trinajstić information content (AvgIpc) is 2.84. The zero-order valence-corrected chi connectivity index (χ0v) is 12.2. The van der Waals surface area contributed by atoms with Gasteiger partial charge in [0.15, 0.2) is 0 Å². The fourth-order valence-corrected chi connectivity index (χ4v) is 5.41. The van der Waals surface area contributed by atoms with Crippen LogP contribution >= 0.6 is 0 Å². The van der Waals surface area contributed by atoms with E-state index in [1.54, 1.807) is 6.33 Å². The van der Waals surface area contributed by atoms with E-state index in [0.29, 0.717) is 30.0 Å². The van der Waals surface area contributed by atoms with Gasteiger partial charge in [0.2, 0.25) is 0 Å². The van der Waals surface area contributed by atoms with Crippen molar-refractivity contribution in [2.24, 2.45) is 29.6 Å². The summed E-state index contributed by atoms with van der Waals surface area (Å²) in [7, 11) is 0. The van der Waals surface area contributed by atoms with Gasteiger partial charge in [0.05, 0.1) is 6.42 Å². The third kappa shape index (κ3) is 1.92. The minimum absolute atomic E-state index is 0.324. The summed E-state index contributed by atoms with van der Waals surface area (Å²) >= 11 is 0. The normalized spacial score (nSPS) is 38.4. The highest BCUT2D eigenvalue weighted by molar-refractivity contribution is 5.83. The molecule has 5 rings (SSSR count). The smallest absolute Gasteiger partial charge is 0.144 e. The van der Waals surface area contributed by atoms with Gasteiger partial charge in [-0.05, 0) is 62.7 Å². The van der Waals surface area contributed by atoms with Crippen LogP contribution in [0, 0.1) is 29.6 Å². The van der Waals surface area contributed by atoms with Crippen molar-refractivity contribution in [1.29, 1.82) is 0 Å². The summed E-state index contributed by atoms with van der Waals surface area (Å²) in [5.41, 5.74) is 0. The molecule has 4 saturated carbocycles. The maximum Gasteiger partial charge on any atom is 0.144 e. The summed E-state index contributed by atoms with van der Waals surface area (Å²) in [5, 5.41) is 4.18. The van der Waals surface area contributed by atoms with Crippen LogP contribution in [0.3, 0.4) is 0 Å². The summed E-state index contributed by atoms with van der Waals surface area (Å²) in [4.78, 5) is 17.1. The molecule has 0 spiro atoms. The quantitative estimate of drug-likeness (QED) is 0.846. The Labute approximate surface area is 120 Å². The minimum Gasteiger partial charge on any atom is -0.299 e. The van der Waals surface area contributed by atoms with Gasteiger partial charge in [0.1, 0.15) is 17.9 Å². The van der Waals surface area contributed by atoms with E-state index in [9.17, 15) is 4.79 Å². The number of hydrogen-bond donors (Lipinski definition) is 0. The van der Waals surface area contributed by atoms with Gasteiger partial charge in [-0.15, -0.1) is 0 Å². The minimum atomic E-state index is 0.324. The Morgan fingerprint density at radius 2 is 1.85 bits per heavy atom.